The second-order valence-electron chi connectivity index (χ2n) is 2.42. The second-order valence-corrected chi connectivity index (χ2v) is 2.42. The third kappa shape index (κ3) is 3.79. The van der Waals surface area contributed by atoms with Gasteiger partial charge in [0, 0.05) is 6.04 Å². The van der Waals surface area contributed by atoms with Crippen LogP contribution in [0.3, 0.4) is 0 Å². The second kappa shape index (κ2) is 5.93. The standard InChI is InChI=1S/C10H17N/c1-4-7-9(8-5-2)10(11)6-3/h4-5,7-8,10H,1,6,11H2,2-3H3/b8-5-,9-7+. The zero-order chi connectivity index (χ0) is 8.69. The number of rotatable bonds is 4. The minimum atomic E-state index is 0.143. The van der Waals surface area contributed by atoms with Crippen LogP contribution in [0, 0.1) is 0 Å². The molecular formula is C10H17N. The summed E-state index contributed by atoms with van der Waals surface area (Å²) in [4.78, 5) is 0. The molecule has 11 heavy (non-hydrogen) atoms. The molecule has 0 aromatic carbocycles. The molecule has 0 saturated heterocycles. The van der Waals surface area contributed by atoms with Crippen molar-refractivity contribution in [2.75, 3.05) is 0 Å². The molecule has 1 nitrogen and oxygen atoms in total. The molecular weight excluding hydrogens is 134 g/mol. The van der Waals surface area contributed by atoms with Gasteiger partial charge in [-0.05, 0) is 18.9 Å². The molecule has 1 unspecified atom stereocenters. The van der Waals surface area contributed by atoms with Crippen LogP contribution in [0.15, 0.2) is 36.5 Å². The molecule has 0 aliphatic rings. The lowest BCUT2D eigenvalue weighted by Gasteiger charge is -2.08. The zero-order valence-electron chi connectivity index (χ0n) is 7.38. The van der Waals surface area contributed by atoms with Crippen LogP contribution in [0.1, 0.15) is 20.3 Å². The highest BCUT2D eigenvalue weighted by Gasteiger charge is 2.00. The van der Waals surface area contributed by atoms with E-state index in [1.807, 2.05) is 25.2 Å². The summed E-state index contributed by atoms with van der Waals surface area (Å²) in [7, 11) is 0. The van der Waals surface area contributed by atoms with E-state index in [2.05, 4.69) is 13.5 Å². The van der Waals surface area contributed by atoms with Crippen LogP contribution in [0.2, 0.25) is 0 Å². The van der Waals surface area contributed by atoms with Gasteiger partial charge in [0.1, 0.15) is 0 Å². The smallest absolute Gasteiger partial charge is 0.0292 e. The Bertz CT molecular complexity index is 166. The molecule has 0 amide bonds. The molecule has 0 bridgehead atoms. The first-order valence-electron chi connectivity index (χ1n) is 3.97. The summed E-state index contributed by atoms with van der Waals surface area (Å²) in [5.41, 5.74) is 6.97. The molecule has 0 aromatic heterocycles. The maximum atomic E-state index is 5.82. The van der Waals surface area contributed by atoms with Gasteiger partial charge in [0.2, 0.25) is 0 Å². The molecule has 0 aliphatic heterocycles. The van der Waals surface area contributed by atoms with Crippen LogP contribution in [-0.4, -0.2) is 6.04 Å². The van der Waals surface area contributed by atoms with Crippen LogP contribution in [0.4, 0.5) is 0 Å². The molecule has 0 spiro atoms. The first kappa shape index (κ1) is 10.2. The van der Waals surface area contributed by atoms with Crippen LogP contribution in [0.5, 0.6) is 0 Å². The minimum absolute atomic E-state index is 0.143. The third-order valence-electron chi connectivity index (χ3n) is 1.54. The normalized spacial score (nSPS) is 15.4. The van der Waals surface area contributed by atoms with E-state index in [9.17, 15) is 0 Å². The van der Waals surface area contributed by atoms with Gasteiger partial charge < -0.3 is 5.73 Å². The first-order valence-corrected chi connectivity index (χ1v) is 3.97. The van der Waals surface area contributed by atoms with Gasteiger partial charge in [-0.1, -0.05) is 37.8 Å². The molecule has 0 fully saturated rings. The lowest BCUT2D eigenvalue weighted by molar-refractivity contribution is 0.755. The van der Waals surface area contributed by atoms with E-state index in [-0.39, 0.29) is 6.04 Å². The molecule has 0 saturated carbocycles. The van der Waals surface area contributed by atoms with Crippen molar-refractivity contribution in [1.82, 2.24) is 0 Å². The van der Waals surface area contributed by atoms with E-state index in [1.165, 1.54) is 0 Å². The molecule has 0 radical (unpaired) electrons. The first-order chi connectivity index (χ1) is 5.26. The van der Waals surface area contributed by atoms with Gasteiger partial charge in [-0.2, -0.15) is 0 Å². The molecule has 62 valence electrons. The number of hydrogen-bond acceptors (Lipinski definition) is 1. The SMILES string of the molecule is C=C/C=C(\C=C/C)C(N)CC. The van der Waals surface area contributed by atoms with Crippen molar-refractivity contribution in [1.29, 1.82) is 0 Å². The number of hydrogen-bond donors (Lipinski definition) is 1. The fourth-order valence-corrected chi connectivity index (χ4v) is 0.867. The Morgan fingerprint density at radius 2 is 2.27 bits per heavy atom. The Hall–Kier alpha value is -0.820. The summed E-state index contributed by atoms with van der Waals surface area (Å²) in [5, 5.41) is 0. The van der Waals surface area contributed by atoms with Crippen LogP contribution in [-0.2, 0) is 0 Å². The molecule has 2 N–H and O–H groups in total. The average molecular weight is 151 g/mol. The quantitative estimate of drug-likeness (QED) is 0.613. The highest BCUT2D eigenvalue weighted by Crippen LogP contribution is 2.05. The van der Waals surface area contributed by atoms with E-state index in [1.54, 1.807) is 6.08 Å². The van der Waals surface area contributed by atoms with Gasteiger partial charge in [-0.3, -0.25) is 0 Å². The highest BCUT2D eigenvalue weighted by molar-refractivity contribution is 5.27. The topological polar surface area (TPSA) is 26.0 Å². The van der Waals surface area contributed by atoms with Crippen molar-refractivity contribution in [3.05, 3.63) is 36.5 Å². The monoisotopic (exact) mass is 151 g/mol. The Morgan fingerprint density at radius 1 is 1.64 bits per heavy atom. The van der Waals surface area contributed by atoms with Crippen LogP contribution in [0.25, 0.3) is 0 Å². The van der Waals surface area contributed by atoms with Crippen molar-refractivity contribution in [2.24, 2.45) is 5.73 Å². The maximum Gasteiger partial charge on any atom is 0.0292 e. The summed E-state index contributed by atoms with van der Waals surface area (Å²) >= 11 is 0. The Morgan fingerprint density at radius 3 is 2.64 bits per heavy atom. The van der Waals surface area contributed by atoms with E-state index >= 15 is 0 Å². The van der Waals surface area contributed by atoms with Gasteiger partial charge in [0.15, 0.2) is 0 Å². The van der Waals surface area contributed by atoms with Crippen molar-refractivity contribution in [3.8, 4) is 0 Å². The largest absolute Gasteiger partial charge is 0.324 e. The maximum absolute atomic E-state index is 5.82. The molecule has 0 aliphatic carbocycles. The van der Waals surface area contributed by atoms with E-state index in [0.29, 0.717) is 0 Å². The van der Waals surface area contributed by atoms with Crippen molar-refractivity contribution >= 4 is 0 Å². The Balaban J connectivity index is 4.32. The van der Waals surface area contributed by atoms with E-state index in [4.69, 9.17) is 5.73 Å². The predicted molar refractivity (Wildman–Crippen MR) is 51.4 cm³/mol. The third-order valence-corrected chi connectivity index (χ3v) is 1.54. The van der Waals surface area contributed by atoms with Gasteiger partial charge in [-0.25, -0.2) is 0 Å². The van der Waals surface area contributed by atoms with Crippen LogP contribution < -0.4 is 5.73 Å². The van der Waals surface area contributed by atoms with Crippen LogP contribution >= 0.6 is 0 Å². The van der Waals surface area contributed by atoms with E-state index < -0.39 is 0 Å². The lowest BCUT2D eigenvalue weighted by Crippen LogP contribution is -2.20. The molecule has 1 heteroatoms. The molecule has 0 heterocycles. The average Bonchev–Trinajstić information content (AvgIpc) is 2.03. The summed E-state index contributed by atoms with van der Waals surface area (Å²) < 4.78 is 0. The van der Waals surface area contributed by atoms with Crippen molar-refractivity contribution < 1.29 is 0 Å². The molecule has 0 aromatic rings. The predicted octanol–water partition coefficient (Wildman–Crippen LogP) is 2.41. The zero-order valence-corrected chi connectivity index (χ0v) is 7.38. The Kier molecular flexibility index (Phi) is 5.49. The molecule has 0 rings (SSSR count). The fraction of sp³-hybridized carbons (Fsp3) is 0.400. The summed E-state index contributed by atoms with van der Waals surface area (Å²) in [6, 6.07) is 0.143. The van der Waals surface area contributed by atoms with Gasteiger partial charge in [0.05, 0.1) is 0 Å². The lowest BCUT2D eigenvalue weighted by atomic mass is 10.1. The Labute approximate surface area is 69.3 Å². The van der Waals surface area contributed by atoms with Crippen molar-refractivity contribution in [2.45, 2.75) is 26.3 Å². The van der Waals surface area contributed by atoms with Gasteiger partial charge >= 0.3 is 0 Å². The van der Waals surface area contributed by atoms with Crippen molar-refractivity contribution in [3.63, 3.8) is 0 Å². The molecule has 1 atom stereocenters. The summed E-state index contributed by atoms with van der Waals surface area (Å²) in [6.45, 7) is 7.69. The minimum Gasteiger partial charge on any atom is -0.324 e. The fourth-order valence-electron chi connectivity index (χ4n) is 0.867. The van der Waals surface area contributed by atoms with E-state index in [0.717, 1.165) is 12.0 Å². The number of allylic oxidation sites excluding steroid dienone is 3. The summed E-state index contributed by atoms with van der Waals surface area (Å²) in [5.74, 6) is 0. The number of nitrogens with two attached hydrogens (primary N) is 1. The van der Waals surface area contributed by atoms with Gasteiger partial charge in [0.25, 0.3) is 0 Å². The van der Waals surface area contributed by atoms with Gasteiger partial charge in [-0.15, -0.1) is 0 Å². The highest BCUT2D eigenvalue weighted by atomic mass is 14.6. The summed E-state index contributed by atoms with van der Waals surface area (Å²) in [6.07, 6.45) is 8.70.